The fraction of sp³-hybridized carbons (Fsp3) is 0.400. The third-order valence-electron chi connectivity index (χ3n) is 2.77. The zero-order valence-electron chi connectivity index (χ0n) is 10.8. The Bertz CT molecular complexity index is 391. The van der Waals surface area contributed by atoms with Crippen LogP contribution in [-0.4, -0.2) is 12.6 Å². The van der Waals surface area contributed by atoms with E-state index in [0.29, 0.717) is 18.6 Å². The predicted molar refractivity (Wildman–Crippen MR) is 69.9 cm³/mol. The molecule has 0 aliphatic carbocycles. The van der Waals surface area contributed by atoms with E-state index in [1.165, 1.54) is 5.56 Å². The minimum atomic E-state index is -0.295. The standard InChI is InChI=1S/C15H20O2/c1-5-17-14(16)12(2)11-15(3,4)13-9-7-6-8-10-13/h6-10H,2,5,11H2,1,3-4H3. The van der Waals surface area contributed by atoms with Crippen LogP contribution in [0, 0.1) is 0 Å². The van der Waals surface area contributed by atoms with Crippen LogP contribution < -0.4 is 0 Å². The van der Waals surface area contributed by atoms with Crippen LogP contribution in [0.2, 0.25) is 0 Å². The average Bonchev–Trinajstić information content (AvgIpc) is 2.30. The Labute approximate surface area is 103 Å². The fourth-order valence-electron chi connectivity index (χ4n) is 1.83. The van der Waals surface area contributed by atoms with Crippen molar-refractivity contribution < 1.29 is 9.53 Å². The van der Waals surface area contributed by atoms with E-state index in [4.69, 9.17) is 4.74 Å². The second kappa shape index (κ2) is 5.67. The smallest absolute Gasteiger partial charge is 0.333 e. The zero-order valence-corrected chi connectivity index (χ0v) is 10.8. The van der Waals surface area contributed by atoms with E-state index in [2.05, 4.69) is 32.6 Å². The lowest BCUT2D eigenvalue weighted by atomic mass is 9.79. The quantitative estimate of drug-likeness (QED) is 0.574. The van der Waals surface area contributed by atoms with Crippen molar-refractivity contribution in [2.75, 3.05) is 6.61 Å². The van der Waals surface area contributed by atoms with Gasteiger partial charge in [0.1, 0.15) is 0 Å². The van der Waals surface area contributed by atoms with Crippen LogP contribution in [0.5, 0.6) is 0 Å². The van der Waals surface area contributed by atoms with Crippen molar-refractivity contribution in [2.45, 2.75) is 32.6 Å². The number of ether oxygens (including phenoxy) is 1. The number of benzene rings is 1. The maximum Gasteiger partial charge on any atom is 0.333 e. The molecule has 0 amide bonds. The van der Waals surface area contributed by atoms with Gasteiger partial charge in [-0.25, -0.2) is 4.79 Å². The summed E-state index contributed by atoms with van der Waals surface area (Å²) in [6.45, 7) is 10.2. The molecule has 0 aliphatic heterocycles. The SMILES string of the molecule is C=C(CC(C)(C)c1ccccc1)C(=O)OCC. The minimum absolute atomic E-state index is 0.106. The van der Waals surface area contributed by atoms with Gasteiger partial charge in [-0.05, 0) is 24.3 Å². The van der Waals surface area contributed by atoms with Gasteiger partial charge in [0.2, 0.25) is 0 Å². The Morgan fingerprint density at radius 2 is 1.88 bits per heavy atom. The van der Waals surface area contributed by atoms with Crippen molar-refractivity contribution in [3.05, 3.63) is 48.0 Å². The molecule has 1 rings (SSSR count). The molecular weight excluding hydrogens is 212 g/mol. The summed E-state index contributed by atoms with van der Waals surface area (Å²) in [6.07, 6.45) is 0.607. The highest BCUT2D eigenvalue weighted by Gasteiger charge is 2.24. The van der Waals surface area contributed by atoms with E-state index >= 15 is 0 Å². The van der Waals surface area contributed by atoms with E-state index in [-0.39, 0.29) is 11.4 Å². The first-order valence-corrected chi connectivity index (χ1v) is 5.88. The van der Waals surface area contributed by atoms with Gasteiger partial charge in [0.05, 0.1) is 6.61 Å². The Morgan fingerprint density at radius 1 is 1.29 bits per heavy atom. The highest BCUT2D eigenvalue weighted by Crippen LogP contribution is 2.29. The van der Waals surface area contributed by atoms with E-state index in [0.717, 1.165) is 0 Å². The highest BCUT2D eigenvalue weighted by atomic mass is 16.5. The lowest BCUT2D eigenvalue weighted by molar-refractivity contribution is -0.138. The zero-order chi connectivity index (χ0) is 12.9. The average molecular weight is 232 g/mol. The summed E-state index contributed by atoms with van der Waals surface area (Å²) in [5, 5.41) is 0. The molecule has 0 atom stereocenters. The van der Waals surface area contributed by atoms with Gasteiger partial charge < -0.3 is 4.74 Å². The molecule has 0 fully saturated rings. The lowest BCUT2D eigenvalue weighted by Crippen LogP contribution is -2.21. The summed E-state index contributed by atoms with van der Waals surface area (Å²) >= 11 is 0. The second-order valence-electron chi connectivity index (χ2n) is 4.75. The lowest BCUT2D eigenvalue weighted by Gasteiger charge is -2.25. The van der Waals surface area contributed by atoms with E-state index in [9.17, 15) is 4.79 Å². The van der Waals surface area contributed by atoms with E-state index in [1.807, 2.05) is 18.2 Å². The molecule has 2 nitrogen and oxygen atoms in total. The first-order valence-electron chi connectivity index (χ1n) is 5.88. The second-order valence-corrected chi connectivity index (χ2v) is 4.75. The van der Waals surface area contributed by atoms with Gasteiger partial charge in [0, 0.05) is 5.57 Å². The van der Waals surface area contributed by atoms with Crippen LogP contribution in [0.4, 0.5) is 0 Å². The molecule has 0 aliphatic rings. The summed E-state index contributed by atoms with van der Waals surface area (Å²) in [7, 11) is 0. The van der Waals surface area contributed by atoms with Crippen LogP contribution in [-0.2, 0) is 14.9 Å². The molecule has 0 heterocycles. The van der Waals surface area contributed by atoms with Crippen LogP contribution >= 0.6 is 0 Å². The molecule has 0 N–H and O–H groups in total. The first kappa shape index (κ1) is 13.5. The summed E-state index contributed by atoms with van der Waals surface area (Å²) < 4.78 is 4.95. The number of hydrogen-bond donors (Lipinski definition) is 0. The Morgan fingerprint density at radius 3 is 2.41 bits per heavy atom. The van der Waals surface area contributed by atoms with Crippen LogP contribution in [0.3, 0.4) is 0 Å². The number of rotatable bonds is 5. The molecule has 1 aromatic carbocycles. The van der Waals surface area contributed by atoms with E-state index < -0.39 is 0 Å². The fourth-order valence-corrected chi connectivity index (χ4v) is 1.83. The summed E-state index contributed by atoms with van der Waals surface area (Å²) in [5.74, 6) is -0.295. The molecule has 0 radical (unpaired) electrons. The monoisotopic (exact) mass is 232 g/mol. The van der Waals surface area contributed by atoms with Gasteiger partial charge in [0.15, 0.2) is 0 Å². The van der Waals surface area contributed by atoms with Crippen molar-refractivity contribution >= 4 is 5.97 Å². The maximum absolute atomic E-state index is 11.5. The number of hydrogen-bond acceptors (Lipinski definition) is 2. The van der Waals surface area contributed by atoms with Gasteiger partial charge >= 0.3 is 5.97 Å². The molecule has 2 heteroatoms. The van der Waals surface area contributed by atoms with Crippen molar-refractivity contribution in [3.63, 3.8) is 0 Å². The molecule has 17 heavy (non-hydrogen) atoms. The van der Waals surface area contributed by atoms with Crippen molar-refractivity contribution in [2.24, 2.45) is 0 Å². The summed E-state index contributed by atoms with van der Waals surface area (Å²) in [6, 6.07) is 10.1. The van der Waals surface area contributed by atoms with Gasteiger partial charge in [0.25, 0.3) is 0 Å². The molecule has 0 saturated carbocycles. The molecular formula is C15H20O2. The first-order chi connectivity index (χ1) is 7.97. The molecule has 0 saturated heterocycles. The molecule has 1 aromatic rings. The highest BCUT2D eigenvalue weighted by molar-refractivity contribution is 5.87. The number of esters is 1. The minimum Gasteiger partial charge on any atom is -0.463 e. The van der Waals surface area contributed by atoms with Crippen LogP contribution in [0.25, 0.3) is 0 Å². The molecule has 0 unspecified atom stereocenters. The number of carbonyl (C=O) groups is 1. The molecule has 0 bridgehead atoms. The van der Waals surface area contributed by atoms with Crippen molar-refractivity contribution in [1.29, 1.82) is 0 Å². The van der Waals surface area contributed by atoms with Gasteiger partial charge in [-0.3, -0.25) is 0 Å². The Kier molecular flexibility index (Phi) is 4.50. The van der Waals surface area contributed by atoms with Crippen LogP contribution in [0.1, 0.15) is 32.8 Å². The summed E-state index contributed by atoms with van der Waals surface area (Å²) in [4.78, 5) is 11.5. The van der Waals surface area contributed by atoms with Crippen molar-refractivity contribution in [1.82, 2.24) is 0 Å². The topological polar surface area (TPSA) is 26.3 Å². The Balaban J connectivity index is 2.73. The van der Waals surface area contributed by atoms with Gasteiger partial charge in [-0.15, -0.1) is 0 Å². The molecule has 0 aromatic heterocycles. The summed E-state index contributed by atoms with van der Waals surface area (Å²) in [5.41, 5.74) is 1.62. The maximum atomic E-state index is 11.5. The number of carbonyl (C=O) groups excluding carboxylic acids is 1. The van der Waals surface area contributed by atoms with Gasteiger partial charge in [-0.1, -0.05) is 50.8 Å². The molecule has 0 spiro atoms. The third-order valence-corrected chi connectivity index (χ3v) is 2.77. The van der Waals surface area contributed by atoms with Crippen LogP contribution in [0.15, 0.2) is 42.5 Å². The van der Waals surface area contributed by atoms with E-state index in [1.54, 1.807) is 6.92 Å². The molecule has 92 valence electrons. The third kappa shape index (κ3) is 3.74. The van der Waals surface area contributed by atoms with Crippen molar-refractivity contribution in [3.8, 4) is 0 Å². The Hall–Kier alpha value is -1.57. The van der Waals surface area contributed by atoms with Gasteiger partial charge in [-0.2, -0.15) is 0 Å². The predicted octanol–water partition coefficient (Wildman–Crippen LogP) is 3.47. The normalized spacial score (nSPS) is 11.0. The largest absolute Gasteiger partial charge is 0.463 e.